The Morgan fingerprint density at radius 3 is 2.41 bits per heavy atom. The Labute approximate surface area is 127 Å². The summed E-state index contributed by atoms with van der Waals surface area (Å²) in [7, 11) is 0. The van der Waals surface area contributed by atoms with Gasteiger partial charge in [0.15, 0.2) is 0 Å². The smallest absolute Gasteiger partial charge is 0.324 e. The highest BCUT2D eigenvalue weighted by atomic mass is 16.6. The summed E-state index contributed by atoms with van der Waals surface area (Å²) < 4.78 is 11.2. The van der Waals surface area contributed by atoms with Crippen LogP contribution in [0.4, 0.5) is 0 Å². The minimum Gasteiger partial charge on any atom is -0.424 e. The number of oxazole rings is 1. The molecule has 0 saturated heterocycles. The average Bonchev–Trinajstić information content (AvgIpc) is 2.95. The molecule has 0 radical (unpaired) electrons. The lowest BCUT2D eigenvalue weighted by Gasteiger charge is -2.02. The number of amides is 1. The molecule has 0 aliphatic heterocycles. The van der Waals surface area contributed by atoms with Crippen LogP contribution >= 0.6 is 0 Å². The van der Waals surface area contributed by atoms with E-state index in [0.29, 0.717) is 5.75 Å². The normalized spacial score (nSPS) is 10.4. The molecular weight excluding hydrogens is 280 g/mol. The van der Waals surface area contributed by atoms with E-state index in [2.05, 4.69) is 4.98 Å². The summed E-state index contributed by atoms with van der Waals surface area (Å²) >= 11 is 0. The van der Waals surface area contributed by atoms with Crippen LogP contribution in [0.1, 0.15) is 16.1 Å². The van der Waals surface area contributed by atoms with E-state index in [4.69, 9.17) is 14.9 Å². The van der Waals surface area contributed by atoms with E-state index >= 15 is 0 Å². The number of aromatic nitrogens is 1. The van der Waals surface area contributed by atoms with Gasteiger partial charge in [0, 0.05) is 5.56 Å². The third-order valence-electron chi connectivity index (χ3n) is 3.08. The van der Waals surface area contributed by atoms with Crippen molar-refractivity contribution >= 4 is 5.91 Å². The Balaban J connectivity index is 1.97. The number of benzene rings is 2. The maximum Gasteiger partial charge on any atom is 0.324 e. The van der Waals surface area contributed by atoms with Crippen molar-refractivity contribution in [2.75, 3.05) is 0 Å². The van der Waals surface area contributed by atoms with Crippen LogP contribution in [0, 0.1) is 6.92 Å². The second-order valence-electron chi connectivity index (χ2n) is 4.80. The summed E-state index contributed by atoms with van der Waals surface area (Å²) in [5.41, 5.74) is 7.16. The highest BCUT2D eigenvalue weighted by Gasteiger charge is 2.21. The van der Waals surface area contributed by atoms with E-state index in [1.54, 1.807) is 12.1 Å². The number of hydrogen-bond donors (Lipinski definition) is 1. The van der Waals surface area contributed by atoms with Gasteiger partial charge in [0.1, 0.15) is 5.75 Å². The minimum atomic E-state index is -0.701. The Kier molecular flexibility index (Phi) is 3.62. The van der Waals surface area contributed by atoms with Gasteiger partial charge < -0.3 is 14.9 Å². The topological polar surface area (TPSA) is 78.3 Å². The molecule has 0 unspecified atom stereocenters. The van der Waals surface area contributed by atoms with Crippen LogP contribution in [0.25, 0.3) is 11.5 Å². The van der Waals surface area contributed by atoms with Crippen LogP contribution in [0.15, 0.2) is 59.0 Å². The summed E-state index contributed by atoms with van der Waals surface area (Å²) in [6.45, 7) is 1.97. The molecule has 0 spiro atoms. The molecule has 2 aromatic carbocycles. The standard InChI is InChI=1S/C17H14N2O3/c1-11-7-9-13(10-8-11)21-17-14(15(18)20)19-16(22-17)12-5-3-2-4-6-12/h2-10H,1H3,(H2,18,20). The molecule has 0 aliphatic rings. The molecule has 0 bridgehead atoms. The maximum absolute atomic E-state index is 11.5. The average molecular weight is 294 g/mol. The molecule has 0 fully saturated rings. The molecule has 0 atom stereocenters. The van der Waals surface area contributed by atoms with Crippen molar-refractivity contribution in [2.24, 2.45) is 5.73 Å². The van der Waals surface area contributed by atoms with Crippen molar-refractivity contribution in [3.05, 3.63) is 65.9 Å². The van der Waals surface area contributed by atoms with Crippen molar-refractivity contribution in [1.29, 1.82) is 0 Å². The second kappa shape index (κ2) is 5.73. The molecule has 5 nitrogen and oxygen atoms in total. The minimum absolute atomic E-state index is 0.00444. The molecule has 0 saturated carbocycles. The fourth-order valence-corrected chi connectivity index (χ4v) is 1.95. The van der Waals surface area contributed by atoms with E-state index in [-0.39, 0.29) is 17.5 Å². The number of aryl methyl sites for hydroxylation is 1. The molecule has 2 N–H and O–H groups in total. The Morgan fingerprint density at radius 2 is 1.77 bits per heavy atom. The number of nitrogens with two attached hydrogens (primary N) is 1. The van der Waals surface area contributed by atoms with Gasteiger partial charge in [-0.25, -0.2) is 0 Å². The maximum atomic E-state index is 11.5. The summed E-state index contributed by atoms with van der Waals surface area (Å²) in [6.07, 6.45) is 0. The molecule has 3 rings (SSSR count). The zero-order valence-corrected chi connectivity index (χ0v) is 11.9. The van der Waals surface area contributed by atoms with Gasteiger partial charge in [-0.15, -0.1) is 0 Å². The molecule has 5 heteroatoms. The molecule has 110 valence electrons. The fraction of sp³-hybridized carbons (Fsp3) is 0.0588. The number of carbonyl (C=O) groups excluding carboxylic acids is 1. The van der Waals surface area contributed by atoms with E-state index in [1.807, 2.05) is 49.4 Å². The van der Waals surface area contributed by atoms with Gasteiger partial charge in [0.2, 0.25) is 11.6 Å². The van der Waals surface area contributed by atoms with Crippen LogP contribution in [0.3, 0.4) is 0 Å². The monoisotopic (exact) mass is 294 g/mol. The zero-order chi connectivity index (χ0) is 15.5. The summed E-state index contributed by atoms with van der Waals surface area (Å²) in [5.74, 6) is 0.128. The lowest BCUT2D eigenvalue weighted by Crippen LogP contribution is -2.12. The first-order valence-electron chi connectivity index (χ1n) is 6.74. The Hall–Kier alpha value is -3.08. The van der Waals surface area contributed by atoms with E-state index in [1.165, 1.54) is 0 Å². The molecule has 1 amide bonds. The number of hydrogen-bond acceptors (Lipinski definition) is 4. The van der Waals surface area contributed by atoms with Crippen LogP contribution in [-0.2, 0) is 0 Å². The molecule has 1 heterocycles. The molecule has 3 aromatic rings. The molecular formula is C17H14N2O3. The SMILES string of the molecule is Cc1ccc(Oc2oc(-c3ccccc3)nc2C(N)=O)cc1. The fourth-order valence-electron chi connectivity index (χ4n) is 1.95. The quantitative estimate of drug-likeness (QED) is 0.798. The van der Waals surface area contributed by atoms with Crippen LogP contribution in [0.5, 0.6) is 11.7 Å². The van der Waals surface area contributed by atoms with Gasteiger partial charge in [-0.2, -0.15) is 4.98 Å². The first-order valence-corrected chi connectivity index (χ1v) is 6.74. The van der Waals surface area contributed by atoms with Crippen LogP contribution in [-0.4, -0.2) is 10.9 Å². The second-order valence-corrected chi connectivity index (χ2v) is 4.80. The Morgan fingerprint density at radius 1 is 1.09 bits per heavy atom. The van der Waals surface area contributed by atoms with Crippen molar-refractivity contribution in [3.8, 4) is 23.1 Å². The molecule has 0 aliphatic carbocycles. The van der Waals surface area contributed by atoms with Crippen molar-refractivity contribution < 1.29 is 13.9 Å². The van der Waals surface area contributed by atoms with E-state index in [0.717, 1.165) is 11.1 Å². The highest BCUT2D eigenvalue weighted by molar-refractivity contribution is 5.93. The first-order chi connectivity index (χ1) is 10.6. The predicted molar refractivity (Wildman–Crippen MR) is 81.7 cm³/mol. The third-order valence-corrected chi connectivity index (χ3v) is 3.08. The summed E-state index contributed by atoms with van der Waals surface area (Å²) in [5, 5.41) is 0. The Bertz CT molecular complexity index is 793. The van der Waals surface area contributed by atoms with Gasteiger partial charge in [-0.05, 0) is 31.2 Å². The number of carbonyl (C=O) groups is 1. The summed E-state index contributed by atoms with van der Waals surface area (Å²) in [6, 6.07) is 16.6. The lowest BCUT2D eigenvalue weighted by atomic mass is 10.2. The van der Waals surface area contributed by atoms with Crippen molar-refractivity contribution in [2.45, 2.75) is 6.92 Å². The van der Waals surface area contributed by atoms with Gasteiger partial charge in [0.25, 0.3) is 5.91 Å². The first kappa shape index (κ1) is 13.9. The van der Waals surface area contributed by atoms with E-state index < -0.39 is 5.91 Å². The van der Waals surface area contributed by atoms with Crippen molar-refractivity contribution in [3.63, 3.8) is 0 Å². The highest BCUT2D eigenvalue weighted by Crippen LogP contribution is 2.30. The molecule has 1 aromatic heterocycles. The van der Waals surface area contributed by atoms with Gasteiger partial charge in [-0.3, -0.25) is 4.79 Å². The number of nitrogens with zero attached hydrogens (tertiary/aromatic N) is 1. The van der Waals surface area contributed by atoms with Crippen molar-refractivity contribution in [1.82, 2.24) is 4.98 Å². The number of rotatable bonds is 4. The predicted octanol–water partition coefficient (Wildman–Crippen LogP) is 3.54. The largest absolute Gasteiger partial charge is 0.424 e. The number of ether oxygens (including phenoxy) is 1. The summed E-state index contributed by atoms with van der Waals surface area (Å²) in [4.78, 5) is 15.7. The van der Waals surface area contributed by atoms with Gasteiger partial charge >= 0.3 is 5.95 Å². The van der Waals surface area contributed by atoms with Crippen LogP contribution < -0.4 is 10.5 Å². The third kappa shape index (κ3) is 2.83. The van der Waals surface area contributed by atoms with Gasteiger partial charge in [0.05, 0.1) is 0 Å². The van der Waals surface area contributed by atoms with Crippen LogP contribution in [0.2, 0.25) is 0 Å². The van der Waals surface area contributed by atoms with Gasteiger partial charge in [-0.1, -0.05) is 35.9 Å². The van der Waals surface area contributed by atoms with E-state index in [9.17, 15) is 4.79 Å². The zero-order valence-electron chi connectivity index (χ0n) is 11.9. The lowest BCUT2D eigenvalue weighted by molar-refractivity contribution is 0.0992. The number of primary amides is 1. The molecule has 22 heavy (non-hydrogen) atoms.